The predicted molar refractivity (Wildman–Crippen MR) is 68.4 cm³/mol. The number of nitrogens with zero attached hydrogens (tertiary/aromatic N) is 1. The van der Waals surface area contributed by atoms with Crippen molar-refractivity contribution in [3.63, 3.8) is 0 Å². The zero-order valence-electron chi connectivity index (χ0n) is 9.91. The van der Waals surface area contributed by atoms with Gasteiger partial charge >= 0.3 is 0 Å². The SMILES string of the molecule is Cc1cc(NN)c2cccc(C(C)C)c2n1. The van der Waals surface area contributed by atoms with Crippen molar-refractivity contribution in [3.05, 3.63) is 35.5 Å². The Labute approximate surface area is 95.7 Å². The molecule has 0 aliphatic rings. The number of nitrogen functional groups attached to an aromatic ring is 1. The van der Waals surface area contributed by atoms with Crippen LogP contribution in [0.5, 0.6) is 0 Å². The smallest absolute Gasteiger partial charge is 0.0760 e. The first-order valence-corrected chi connectivity index (χ1v) is 5.50. The van der Waals surface area contributed by atoms with E-state index in [9.17, 15) is 0 Å². The number of nitrogens with two attached hydrogens (primary N) is 1. The van der Waals surface area contributed by atoms with Crippen molar-refractivity contribution in [2.45, 2.75) is 26.7 Å². The predicted octanol–water partition coefficient (Wildman–Crippen LogP) is 2.95. The molecule has 1 heterocycles. The molecular weight excluding hydrogens is 198 g/mol. The molecule has 0 amide bonds. The van der Waals surface area contributed by atoms with Gasteiger partial charge < -0.3 is 5.43 Å². The number of aromatic nitrogens is 1. The van der Waals surface area contributed by atoms with E-state index in [2.05, 4.69) is 36.4 Å². The second kappa shape index (κ2) is 4.10. The number of hydrazine groups is 1. The minimum atomic E-state index is 0.462. The van der Waals surface area contributed by atoms with Crippen LogP contribution in [0.1, 0.15) is 31.0 Å². The van der Waals surface area contributed by atoms with E-state index in [-0.39, 0.29) is 0 Å². The highest BCUT2D eigenvalue weighted by atomic mass is 15.2. The lowest BCUT2D eigenvalue weighted by Crippen LogP contribution is -2.08. The first-order chi connectivity index (χ1) is 7.63. The molecule has 0 radical (unpaired) electrons. The number of benzene rings is 1. The maximum absolute atomic E-state index is 5.53. The third-order valence-electron chi connectivity index (χ3n) is 2.78. The van der Waals surface area contributed by atoms with Crippen molar-refractivity contribution in [2.24, 2.45) is 5.84 Å². The van der Waals surface area contributed by atoms with Gasteiger partial charge in [-0.1, -0.05) is 32.0 Å². The van der Waals surface area contributed by atoms with Crippen LogP contribution in [0.25, 0.3) is 10.9 Å². The lowest BCUT2D eigenvalue weighted by atomic mass is 9.99. The third-order valence-corrected chi connectivity index (χ3v) is 2.78. The van der Waals surface area contributed by atoms with E-state index in [1.807, 2.05) is 19.1 Å². The Morgan fingerprint density at radius 3 is 2.69 bits per heavy atom. The number of hydrogen-bond acceptors (Lipinski definition) is 3. The summed E-state index contributed by atoms with van der Waals surface area (Å²) in [6.07, 6.45) is 0. The van der Waals surface area contributed by atoms with Gasteiger partial charge in [0.05, 0.1) is 11.2 Å². The van der Waals surface area contributed by atoms with Crippen molar-refractivity contribution in [2.75, 3.05) is 5.43 Å². The van der Waals surface area contributed by atoms with Gasteiger partial charge in [0.1, 0.15) is 0 Å². The summed E-state index contributed by atoms with van der Waals surface area (Å²) >= 11 is 0. The van der Waals surface area contributed by atoms with E-state index in [0.717, 1.165) is 22.3 Å². The number of rotatable bonds is 2. The van der Waals surface area contributed by atoms with Gasteiger partial charge in [-0.15, -0.1) is 0 Å². The van der Waals surface area contributed by atoms with E-state index in [0.29, 0.717) is 5.92 Å². The molecule has 2 aromatic rings. The average Bonchev–Trinajstić information content (AvgIpc) is 2.26. The van der Waals surface area contributed by atoms with E-state index in [4.69, 9.17) is 5.84 Å². The molecule has 0 saturated carbocycles. The van der Waals surface area contributed by atoms with Gasteiger partial charge in [0.25, 0.3) is 0 Å². The molecule has 2 rings (SSSR count). The number of nitrogens with one attached hydrogen (secondary N) is 1. The standard InChI is InChI=1S/C13H17N3/c1-8(2)10-5-4-6-11-12(16-14)7-9(3)15-13(10)11/h4-8H,14H2,1-3H3,(H,15,16). The summed E-state index contributed by atoms with van der Waals surface area (Å²) in [4.78, 5) is 4.61. The minimum absolute atomic E-state index is 0.462. The summed E-state index contributed by atoms with van der Waals surface area (Å²) in [6.45, 7) is 6.33. The molecule has 0 atom stereocenters. The van der Waals surface area contributed by atoms with Crippen molar-refractivity contribution in [1.82, 2.24) is 4.98 Å². The highest BCUT2D eigenvalue weighted by molar-refractivity contribution is 5.93. The van der Waals surface area contributed by atoms with Crippen LogP contribution in [0.2, 0.25) is 0 Å². The molecule has 0 aliphatic carbocycles. The summed E-state index contributed by atoms with van der Waals surface area (Å²) in [6, 6.07) is 8.19. The normalized spacial score (nSPS) is 11.1. The molecule has 1 aromatic carbocycles. The number of anilines is 1. The molecule has 0 saturated heterocycles. The fourth-order valence-electron chi connectivity index (χ4n) is 1.98. The fourth-order valence-corrected chi connectivity index (χ4v) is 1.98. The van der Waals surface area contributed by atoms with Crippen LogP contribution >= 0.6 is 0 Å². The molecular formula is C13H17N3. The lowest BCUT2D eigenvalue weighted by Gasteiger charge is -2.12. The molecule has 0 spiro atoms. The number of pyridine rings is 1. The zero-order chi connectivity index (χ0) is 11.7. The summed E-state index contributed by atoms with van der Waals surface area (Å²) < 4.78 is 0. The Balaban J connectivity index is 2.82. The van der Waals surface area contributed by atoms with E-state index in [1.165, 1.54) is 5.56 Å². The van der Waals surface area contributed by atoms with E-state index in [1.54, 1.807) is 0 Å². The second-order valence-electron chi connectivity index (χ2n) is 4.35. The first kappa shape index (κ1) is 10.9. The van der Waals surface area contributed by atoms with Crippen molar-refractivity contribution in [1.29, 1.82) is 0 Å². The highest BCUT2D eigenvalue weighted by Crippen LogP contribution is 2.28. The largest absolute Gasteiger partial charge is 0.323 e. The number of hydrogen-bond donors (Lipinski definition) is 2. The van der Waals surface area contributed by atoms with Gasteiger partial charge in [0, 0.05) is 11.1 Å². The summed E-state index contributed by atoms with van der Waals surface area (Å²) in [5.74, 6) is 5.99. The molecule has 0 unspecified atom stereocenters. The van der Waals surface area contributed by atoms with E-state index < -0.39 is 0 Å². The zero-order valence-corrected chi connectivity index (χ0v) is 9.91. The minimum Gasteiger partial charge on any atom is -0.323 e. The fraction of sp³-hybridized carbons (Fsp3) is 0.308. The van der Waals surface area contributed by atoms with Gasteiger partial charge in [-0.2, -0.15) is 0 Å². The molecule has 16 heavy (non-hydrogen) atoms. The average molecular weight is 215 g/mol. The Morgan fingerprint density at radius 1 is 1.31 bits per heavy atom. The third kappa shape index (κ3) is 1.74. The first-order valence-electron chi connectivity index (χ1n) is 5.50. The Hall–Kier alpha value is -1.61. The summed E-state index contributed by atoms with van der Waals surface area (Å²) in [5, 5.41) is 1.08. The second-order valence-corrected chi connectivity index (χ2v) is 4.35. The van der Waals surface area contributed by atoms with Gasteiger partial charge in [0.15, 0.2) is 0 Å². The molecule has 84 valence electrons. The number of fused-ring (bicyclic) bond motifs is 1. The monoisotopic (exact) mass is 215 g/mol. The topological polar surface area (TPSA) is 50.9 Å². The molecule has 3 nitrogen and oxygen atoms in total. The lowest BCUT2D eigenvalue weighted by molar-refractivity contribution is 0.872. The Bertz CT molecular complexity index is 518. The molecule has 0 fully saturated rings. The molecule has 3 heteroatoms. The van der Waals surface area contributed by atoms with Crippen molar-refractivity contribution >= 4 is 16.6 Å². The van der Waals surface area contributed by atoms with Crippen LogP contribution in [0.4, 0.5) is 5.69 Å². The number of para-hydroxylation sites is 1. The van der Waals surface area contributed by atoms with E-state index >= 15 is 0 Å². The number of aryl methyl sites for hydroxylation is 1. The molecule has 3 N–H and O–H groups in total. The van der Waals surface area contributed by atoms with Gasteiger partial charge in [-0.3, -0.25) is 10.8 Å². The summed E-state index contributed by atoms with van der Waals surface area (Å²) in [5.41, 5.74) is 6.96. The van der Waals surface area contributed by atoms with Crippen LogP contribution in [0.15, 0.2) is 24.3 Å². The highest BCUT2D eigenvalue weighted by Gasteiger charge is 2.09. The van der Waals surface area contributed by atoms with Crippen LogP contribution in [0, 0.1) is 6.92 Å². The Morgan fingerprint density at radius 2 is 2.06 bits per heavy atom. The Kier molecular flexibility index (Phi) is 2.79. The molecule has 1 aromatic heterocycles. The van der Waals surface area contributed by atoms with Gasteiger partial charge in [0.2, 0.25) is 0 Å². The molecule has 0 aliphatic heterocycles. The van der Waals surface area contributed by atoms with Crippen LogP contribution in [-0.4, -0.2) is 4.98 Å². The van der Waals surface area contributed by atoms with Crippen molar-refractivity contribution < 1.29 is 0 Å². The van der Waals surface area contributed by atoms with Crippen LogP contribution in [-0.2, 0) is 0 Å². The van der Waals surface area contributed by atoms with Gasteiger partial charge in [-0.25, -0.2) is 0 Å². The van der Waals surface area contributed by atoms with Gasteiger partial charge in [-0.05, 0) is 24.5 Å². The maximum atomic E-state index is 5.53. The molecule has 0 bridgehead atoms. The quantitative estimate of drug-likeness (QED) is 0.598. The van der Waals surface area contributed by atoms with Crippen molar-refractivity contribution in [3.8, 4) is 0 Å². The maximum Gasteiger partial charge on any atom is 0.0760 e. The summed E-state index contributed by atoms with van der Waals surface area (Å²) in [7, 11) is 0. The van der Waals surface area contributed by atoms with Crippen LogP contribution in [0.3, 0.4) is 0 Å². The van der Waals surface area contributed by atoms with Crippen LogP contribution < -0.4 is 11.3 Å².